The van der Waals surface area contributed by atoms with Gasteiger partial charge in [0.1, 0.15) is 11.3 Å². The van der Waals surface area contributed by atoms with Gasteiger partial charge in [0.2, 0.25) is 10.0 Å². The van der Waals surface area contributed by atoms with E-state index < -0.39 is 28.0 Å². The molecule has 0 aliphatic rings. The lowest BCUT2D eigenvalue weighted by Gasteiger charge is -2.14. The number of nitrogens with one attached hydrogen (secondary N) is 1. The summed E-state index contributed by atoms with van der Waals surface area (Å²) in [4.78, 5) is 24.1. The topological polar surface area (TPSA) is 136 Å². The Morgan fingerprint density at radius 2 is 1.88 bits per heavy atom. The Bertz CT molecular complexity index is 955. The van der Waals surface area contributed by atoms with Crippen molar-refractivity contribution in [1.82, 2.24) is 0 Å². The molecule has 0 fully saturated rings. The highest BCUT2D eigenvalue weighted by Crippen LogP contribution is 2.20. The number of aromatic hydroxyl groups is 1. The highest BCUT2D eigenvalue weighted by atomic mass is 32.2. The molecule has 4 N–H and O–H groups in total. The van der Waals surface area contributed by atoms with Gasteiger partial charge in [-0.05, 0) is 49.7 Å². The van der Waals surface area contributed by atoms with E-state index in [1.54, 1.807) is 13.0 Å². The van der Waals surface area contributed by atoms with Crippen LogP contribution in [0.5, 0.6) is 5.75 Å². The summed E-state index contributed by atoms with van der Waals surface area (Å²) >= 11 is 0. The van der Waals surface area contributed by atoms with Crippen LogP contribution in [0.4, 0.5) is 5.69 Å². The lowest BCUT2D eigenvalue weighted by atomic mass is 10.1. The molecule has 0 aromatic heterocycles. The predicted octanol–water partition coefficient (Wildman–Crippen LogP) is 1.53. The molecule has 1 atom stereocenters. The molecule has 2 aromatic rings. The van der Waals surface area contributed by atoms with Gasteiger partial charge in [0, 0.05) is 5.69 Å². The van der Waals surface area contributed by atoms with Crippen molar-refractivity contribution in [3.8, 4) is 5.75 Å². The minimum Gasteiger partial charge on any atom is -0.507 e. The molecule has 0 saturated carbocycles. The summed E-state index contributed by atoms with van der Waals surface area (Å²) in [7, 11) is -3.91. The molecule has 0 unspecified atom stereocenters. The van der Waals surface area contributed by atoms with Gasteiger partial charge in [-0.3, -0.25) is 4.79 Å². The highest BCUT2D eigenvalue weighted by Gasteiger charge is 2.21. The molecule has 0 spiro atoms. The summed E-state index contributed by atoms with van der Waals surface area (Å²) in [6.07, 6.45) is -1.18. The van der Waals surface area contributed by atoms with Gasteiger partial charge < -0.3 is 15.2 Å². The van der Waals surface area contributed by atoms with Gasteiger partial charge in [-0.25, -0.2) is 18.4 Å². The maximum atomic E-state index is 12.1. The zero-order valence-electron chi connectivity index (χ0n) is 14.1. The summed E-state index contributed by atoms with van der Waals surface area (Å²) in [5.41, 5.74) is 0.883. The van der Waals surface area contributed by atoms with Gasteiger partial charge in [-0.2, -0.15) is 0 Å². The quantitative estimate of drug-likeness (QED) is 0.675. The number of phenolic OH excluding ortho intramolecular Hbond substituents is 1. The molecule has 0 aliphatic carbocycles. The predicted molar refractivity (Wildman–Crippen MR) is 94.2 cm³/mol. The van der Waals surface area contributed by atoms with Crippen LogP contribution in [0.15, 0.2) is 47.4 Å². The Balaban J connectivity index is 2.07. The Labute approximate surface area is 150 Å². The summed E-state index contributed by atoms with van der Waals surface area (Å²) in [5, 5.41) is 17.3. The second kappa shape index (κ2) is 7.54. The first-order chi connectivity index (χ1) is 12.1. The lowest BCUT2D eigenvalue weighted by Crippen LogP contribution is -2.30. The molecule has 0 bridgehead atoms. The highest BCUT2D eigenvalue weighted by molar-refractivity contribution is 7.89. The molecule has 9 heteroatoms. The molecule has 2 rings (SSSR count). The molecule has 0 radical (unpaired) electrons. The number of esters is 1. The van der Waals surface area contributed by atoms with E-state index in [0.29, 0.717) is 0 Å². The second-order valence-corrected chi connectivity index (χ2v) is 7.19. The standard InChI is InChI=1S/C17H18N2O6S/c1-10-6-7-14(15(20)8-10)17(22)25-11(2)16(21)19-12-4-3-5-13(9-12)26(18,23)24/h3-9,11,20H,1-2H3,(H,19,21)(H2,18,23,24)/t11-/m0/s1. The number of hydrogen-bond donors (Lipinski definition) is 3. The van der Waals surface area contributed by atoms with Gasteiger partial charge in [0.25, 0.3) is 5.91 Å². The van der Waals surface area contributed by atoms with Crippen LogP contribution in [0.1, 0.15) is 22.8 Å². The number of rotatable bonds is 5. The van der Waals surface area contributed by atoms with Gasteiger partial charge in [-0.15, -0.1) is 0 Å². The minimum atomic E-state index is -3.91. The normalized spacial score (nSPS) is 12.3. The van der Waals surface area contributed by atoms with Crippen LogP contribution in [0.25, 0.3) is 0 Å². The number of anilines is 1. The number of benzene rings is 2. The van der Waals surface area contributed by atoms with Crippen LogP contribution < -0.4 is 10.5 Å². The van der Waals surface area contributed by atoms with Crippen LogP contribution in [-0.2, 0) is 19.6 Å². The number of ether oxygens (including phenoxy) is 1. The lowest BCUT2D eigenvalue weighted by molar-refractivity contribution is -0.123. The Kier molecular flexibility index (Phi) is 5.63. The van der Waals surface area contributed by atoms with Crippen LogP contribution in [0.3, 0.4) is 0 Å². The molecular formula is C17H18N2O6S. The van der Waals surface area contributed by atoms with E-state index in [4.69, 9.17) is 9.88 Å². The molecule has 8 nitrogen and oxygen atoms in total. The fraction of sp³-hybridized carbons (Fsp3) is 0.176. The van der Waals surface area contributed by atoms with Crippen molar-refractivity contribution >= 4 is 27.6 Å². The number of sulfonamides is 1. The van der Waals surface area contributed by atoms with Crippen LogP contribution in [0, 0.1) is 6.92 Å². The average molecular weight is 378 g/mol. The monoisotopic (exact) mass is 378 g/mol. The number of carbonyl (C=O) groups excluding carboxylic acids is 2. The number of primary sulfonamides is 1. The van der Waals surface area contributed by atoms with Crippen molar-refractivity contribution in [3.05, 3.63) is 53.6 Å². The van der Waals surface area contributed by atoms with E-state index in [9.17, 15) is 23.1 Å². The van der Waals surface area contributed by atoms with E-state index in [2.05, 4.69) is 5.32 Å². The largest absolute Gasteiger partial charge is 0.507 e. The zero-order chi connectivity index (χ0) is 19.5. The smallest absolute Gasteiger partial charge is 0.342 e. The Morgan fingerprint density at radius 3 is 2.50 bits per heavy atom. The Hall–Kier alpha value is -2.91. The first kappa shape index (κ1) is 19.4. The van der Waals surface area contributed by atoms with E-state index in [0.717, 1.165) is 5.56 Å². The van der Waals surface area contributed by atoms with Gasteiger partial charge in [0.05, 0.1) is 4.90 Å². The van der Waals surface area contributed by atoms with Crippen LogP contribution >= 0.6 is 0 Å². The molecule has 2 aromatic carbocycles. The van der Waals surface area contributed by atoms with Gasteiger partial charge in [0.15, 0.2) is 6.10 Å². The van der Waals surface area contributed by atoms with Crippen molar-refractivity contribution in [2.45, 2.75) is 24.8 Å². The SMILES string of the molecule is Cc1ccc(C(=O)O[C@@H](C)C(=O)Nc2cccc(S(N)(=O)=O)c2)c(O)c1. The molecule has 0 saturated heterocycles. The third-order valence-electron chi connectivity index (χ3n) is 3.46. The molecule has 0 heterocycles. The minimum absolute atomic E-state index is 0.0635. The summed E-state index contributed by atoms with van der Waals surface area (Å²) in [5.74, 6) is -1.77. The summed E-state index contributed by atoms with van der Waals surface area (Å²) in [6, 6.07) is 9.78. The van der Waals surface area contributed by atoms with Crippen molar-refractivity contribution < 1.29 is 27.9 Å². The molecule has 138 valence electrons. The van der Waals surface area contributed by atoms with Crippen molar-refractivity contribution in [1.29, 1.82) is 0 Å². The number of nitrogens with two attached hydrogens (primary N) is 1. The van der Waals surface area contributed by atoms with Crippen LogP contribution in [0.2, 0.25) is 0 Å². The maximum absolute atomic E-state index is 12.1. The van der Waals surface area contributed by atoms with E-state index in [-0.39, 0.29) is 21.9 Å². The maximum Gasteiger partial charge on any atom is 0.342 e. The zero-order valence-corrected chi connectivity index (χ0v) is 14.9. The van der Waals surface area contributed by atoms with Gasteiger partial charge >= 0.3 is 5.97 Å². The third kappa shape index (κ3) is 4.80. The third-order valence-corrected chi connectivity index (χ3v) is 4.37. The van der Waals surface area contributed by atoms with Crippen LogP contribution in [-0.4, -0.2) is 31.5 Å². The average Bonchev–Trinajstić information content (AvgIpc) is 2.54. The molecule has 26 heavy (non-hydrogen) atoms. The number of phenols is 1. The van der Waals surface area contributed by atoms with E-state index >= 15 is 0 Å². The first-order valence-electron chi connectivity index (χ1n) is 7.52. The van der Waals surface area contributed by atoms with Crippen molar-refractivity contribution in [2.24, 2.45) is 5.14 Å². The van der Waals surface area contributed by atoms with Crippen molar-refractivity contribution in [3.63, 3.8) is 0 Å². The van der Waals surface area contributed by atoms with Crippen molar-refractivity contribution in [2.75, 3.05) is 5.32 Å². The fourth-order valence-corrected chi connectivity index (χ4v) is 2.65. The van der Waals surface area contributed by atoms with E-state index in [1.165, 1.54) is 43.3 Å². The van der Waals surface area contributed by atoms with E-state index in [1.807, 2.05) is 0 Å². The fourth-order valence-electron chi connectivity index (χ4n) is 2.09. The summed E-state index contributed by atoms with van der Waals surface area (Å²) in [6.45, 7) is 3.10. The van der Waals surface area contributed by atoms with Gasteiger partial charge in [-0.1, -0.05) is 12.1 Å². The number of hydrogen-bond acceptors (Lipinski definition) is 6. The number of amides is 1. The molecule has 0 aliphatic heterocycles. The Morgan fingerprint density at radius 1 is 1.19 bits per heavy atom. The number of aryl methyl sites for hydroxylation is 1. The number of carbonyl (C=O) groups is 2. The molecular weight excluding hydrogens is 360 g/mol. The second-order valence-electron chi connectivity index (χ2n) is 5.63. The molecule has 1 amide bonds. The summed E-state index contributed by atoms with van der Waals surface area (Å²) < 4.78 is 27.7. The first-order valence-corrected chi connectivity index (χ1v) is 9.07.